The van der Waals surface area contributed by atoms with Crippen LogP contribution < -0.4 is 10.2 Å². The van der Waals surface area contributed by atoms with Crippen LogP contribution in [0.15, 0.2) is 22.7 Å². The summed E-state index contributed by atoms with van der Waals surface area (Å²) in [5.41, 5.74) is 2.50. The Hall–Kier alpha value is -1.05. The minimum absolute atomic E-state index is 0.292. The van der Waals surface area contributed by atoms with Crippen LogP contribution in [0.4, 0.5) is 5.69 Å². The van der Waals surface area contributed by atoms with Crippen molar-refractivity contribution in [2.24, 2.45) is 0 Å². The van der Waals surface area contributed by atoms with Gasteiger partial charge in [-0.3, -0.25) is 0 Å². The minimum Gasteiger partial charge on any atom is -0.368 e. The number of hydrogen-bond donors (Lipinski definition) is 1. The summed E-state index contributed by atoms with van der Waals surface area (Å²) in [6.07, 6.45) is 1.67. The van der Waals surface area contributed by atoms with E-state index < -0.39 is 0 Å². The molecule has 0 saturated carbocycles. The summed E-state index contributed by atoms with van der Waals surface area (Å²) >= 11 is 3.57. The topological polar surface area (TPSA) is 39.1 Å². The van der Waals surface area contributed by atoms with Gasteiger partial charge in [-0.1, -0.05) is 22.9 Å². The third kappa shape index (κ3) is 5.33. The first-order chi connectivity index (χ1) is 10.0. The number of nitriles is 1. The summed E-state index contributed by atoms with van der Waals surface area (Å²) in [7, 11) is 0. The van der Waals surface area contributed by atoms with Gasteiger partial charge in [-0.2, -0.15) is 5.26 Å². The van der Waals surface area contributed by atoms with Crippen LogP contribution in [0, 0.1) is 11.3 Å². The number of anilines is 1. The molecule has 1 aromatic rings. The van der Waals surface area contributed by atoms with Gasteiger partial charge in [0.05, 0.1) is 12.5 Å². The Morgan fingerprint density at radius 3 is 2.62 bits per heavy atom. The lowest BCUT2D eigenvalue weighted by Gasteiger charge is -2.32. The molecule has 116 valence electrons. The van der Waals surface area contributed by atoms with E-state index in [2.05, 4.69) is 78.1 Å². The molecular formula is C17H26BrN3. The van der Waals surface area contributed by atoms with Crippen LogP contribution in [0.5, 0.6) is 0 Å². The van der Waals surface area contributed by atoms with Crippen LogP contribution in [-0.2, 0) is 0 Å². The molecule has 0 spiro atoms. The molecule has 1 N–H and O–H groups in total. The standard InChI is InChI=1S/C17H26BrN3/c1-5-10-20-14(4)16-12-15(18)7-8-17(16)21(13(2)3)11-6-9-19/h7-8,12-14,20H,5-6,10-11H2,1-4H3. The van der Waals surface area contributed by atoms with Gasteiger partial charge in [0.2, 0.25) is 0 Å². The van der Waals surface area contributed by atoms with Crippen molar-refractivity contribution in [2.75, 3.05) is 18.0 Å². The summed E-state index contributed by atoms with van der Waals surface area (Å²) in [4.78, 5) is 2.31. The van der Waals surface area contributed by atoms with Gasteiger partial charge in [0, 0.05) is 28.8 Å². The molecule has 0 aliphatic carbocycles. The van der Waals surface area contributed by atoms with Crippen LogP contribution in [0.2, 0.25) is 0 Å². The van der Waals surface area contributed by atoms with Crippen molar-refractivity contribution in [1.82, 2.24) is 5.32 Å². The van der Waals surface area contributed by atoms with Crippen LogP contribution in [-0.4, -0.2) is 19.1 Å². The maximum absolute atomic E-state index is 8.89. The molecule has 4 heteroatoms. The SMILES string of the molecule is CCCNC(C)c1cc(Br)ccc1N(CCC#N)C(C)C. The quantitative estimate of drug-likeness (QED) is 0.741. The van der Waals surface area contributed by atoms with Crippen molar-refractivity contribution in [2.45, 2.75) is 52.6 Å². The van der Waals surface area contributed by atoms with Crippen LogP contribution in [0.3, 0.4) is 0 Å². The molecule has 1 atom stereocenters. The van der Waals surface area contributed by atoms with Gasteiger partial charge in [0.15, 0.2) is 0 Å². The number of nitrogens with one attached hydrogen (secondary N) is 1. The highest BCUT2D eigenvalue weighted by Gasteiger charge is 2.18. The van der Waals surface area contributed by atoms with Crippen molar-refractivity contribution in [3.8, 4) is 6.07 Å². The van der Waals surface area contributed by atoms with Crippen LogP contribution in [0.25, 0.3) is 0 Å². The molecule has 0 aliphatic rings. The molecule has 1 rings (SSSR count). The molecule has 0 aromatic heterocycles. The van der Waals surface area contributed by atoms with Gasteiger partial charge < -0.3 is 10.2 Å². The molecule has 0 saturated heterocycles. The summed E-state index contributed by atoms with van der Waals surface area (Å²) in [5.74, 6) is 0. The van der Waals surface area contributed by atoms with E-state index in [9.17, 15) is 0 Å². The van der Waals surface area contributed by atoms with E-state index in [0.717, 1.165) is 24.0 Å². The average molecular weight is 352 g/mol. The third-order valence-corrected chi connectivity index (χ3v) is 4.05. The Balaban J connectivity index is 3.11. The lowest BCUT2D eigenvalue weighted by molar-refractivity contribution is 0.566. The maximum atomic E-state index is 8.89. The molecule has 1 aromatic carbocycles. The van der Waals surface area contributed by atoms with Crippen LogP contribution in [0.1, 0.15) is 52.1 Å². The van der Waals surface area contributed by atoms with Gasteiger partial charge in [0.25, 0.3) is 0 Å². The third-order valence-electron chi connectivity index (χ3n) is 3.55. The molecule has 3 nitrogen and oxygen atoms in total. The minimum atomic E-state index is 0.292. The smallest absolute Gasteiger partial charge is 0.0640 e. The molecule has 0 fully saturated rings. The molecule has 1 unspecified atom stereocenters. The van der Waals surface area contributed by atoms with Crippen LogP contribution >= 0.6 is 15.9 Å². The van der Waals surface area contributed by atoms with E-state index in [0.29, 0.717) is 18.5 Å². The van der Waals surface area contributed by atoms with Gasteiger partial charge in [-0.05, 0) is 57.5 Å². The molecular weight excluding hydrogens is 326 g/mol. The highest BCUT2D eigenvalue weighted by atomic mass is 79.9. The largest absolute Gasteiger partial charge is 0.368 e. The Labute approximate surface area is 137 Å². The summed E-state index contributed by atoms with van der Waals surface area (Å²) in [5, 5.41) is 12.4. The van der Waals surface area contributed by atoms with Crippen molar-refractivity contribution < 1.29 is 0 Å². The number of benzene rings is 1. The monoisotopic (exact) mass is 351 g/mol. The molecule has 0 aliphatic heterocycles. The number of rotatable bonds is 8. The molecule has 0 amide bonds. The van der Waals surface area contributed by atoms with E-state index in [1.54, 1.807) is 0 Å². The first-order valence-electron chi connectivity index (χ1n) is 7.67. The zero-order valence-corrected chi connectivity index (χ0v) is 15.1. The highest BCUT2D eigenvalue weighted by molar-refractivity contribution is 9.10. The maximum Gasteiger partial charge on any atom is 0.0640 e. The highest BCUT2D eigenvalue weighted by Crippen LogP contribution is 2.31. The van der Waals surface area contributed by atoms with E-state index in [1.807, 2.05) is 0 Å². The van der Waals surface area contributed by atoms with Crippen molar-refractivity contribution in [1.29, 1.82) is 5.26 Å². The summed E-state index contributed by atoms with van der Waals surface area (Å²) < 4.78 is 1.09. The lowest BCUT2D eigenvalue weighted by atomic mass is 10.0. The first-order valence-corrected chi connectivity index (χ1v) is 8.47. The first kappa shape index (κ1) is 18.0. The second kappa shape index (κ2) is 9.07. The molecule has 0 radical (unpaired) electrons. The fraction of sp³-hybridized carbons (Fsp3) is 0.588. The fourth-order valence-electron chi connectivity index (χ4n) is 2.43. The Bertz CT molecular complexity index is 479. The van der Waals surface area contributed by atoms with Gasteiger partial charge in [0.1, 0.15) is 0 Å². The predicted octanol–water partition coefficient (Wildman–Crippen LogP) is 4.64. The predicted molar refractivity (Wildman–Crippen MR) is 93.6 cm³/mol. The summed E-state index contributed by atoms with van der Waals surface area (Å²) in [6, 6.07) is 9.33. The van der Waals surface area contributed by atoms with E-state index in [1.165, 1.54) is 11.3 Å². The van der Waals surface area contributed by atoms with E-state index in [-0.39, 0.29) is 0 Å². The fourth-order valence-corrected chi connectivity index (χ4v) is 2.81. The Morgan fingerprint density at radius 1 is 1.33 bits per heavy atom. The normalized spacial score (nSPS) is 12.2. The summed E-state index contributed by atoms with van der Waals surface area (Å²) in [6.45, 7) is 10.5. The van der Waals surface area contributed by atoms with Gasteiger partial charge in [-0.15, -0.1) is 0 Å². The van der Waals surface area contributed by atoms with E-state index in [4.69, 9.17) is 5.26 Å². The average Bonchev–Trinajstić information content (AvgIpc) is 2.46. The van der Waals surface area contributed by atoms with Gasteiger partial charge in [-0.25, -0.2) is 0 Å². The zero-order chi connectivity index (χ0) is 15.8. The lowest BCUT2D eigenvalue weighted by Crippen LogP contribution is -2.33. The number of hydrogen-bond acceptors (Lipinski definition) is 3. The molecule has 21 heavy (non-hydrogen) atoms. The molecule has 0 bridgehead atoms. The second-order valence-corrected chi connectivity index (χ2v) is 6.49. The Kier molecular flexibility index (Phi) is 7.77. The van der Waals surface area contributed by atoms with Crippen molar-refractivity contribution >= 4 is 21.6 Å². The van der Waals surface area contributed by atoms with E-state index >= 15 is 0 Å². The Morgan fingerprint density at radius 2 is 2.05 bits per heavy atom. The number of halogens is 1. The van der Waals surface area contributed by atoms with Crippen molar-refractivity contribution in [3.05, 3.63) is 28.2 Å². The van der Waals surface area contributed by atoms with Crippen molar-refractivity contribution in [3.63, 3.8) is 0 Å². The zero-order valence-electron chi connectivity index (χ0n) is 13.5. The van der Waals surface area contributed by atoms with Gasteiger partial charge >= 0.3 is 0 Å². The second-order valence-electron chi connectivity index (χ2n) is 5.57. The molecule has 0 heterocycles. The number of nitrogens with zero attached hydrogens (tertiary/aromatic N) is 2.